The maximum absolute atomic E-state index is 9.63. The minimum Gasteiger partial charge on any atom is -0.280 e. The van der Waals surface area contributed by atoms with Gasteiger partial charge in [-0.3, -0.25) is 9.35 Å². The highest BCUT2D eigenvalue weighted by atomic mass is 35.5. The summed E-state index contributed by atoms with van der Waals surface area (Å²) in [7, 11) is -4.38. The van der Waals surface area contributed by atoms with E-state index in [1.165, 1.54) is 0 Å². The minimum atomic E-state index is -4.38. The summed E-state index contributed by atoms with van der Waals surface area (Å²) in [5, 5.41) is -1.23. The maximum atomic E-state index is 9.63. The highest BCUT2D eigenvalue weighted by Gasteiger charge is 2.09. The van der Waals surface area contributed by atoms with E-state index in [9.17, 15) is 13.2 Å². The van der Waals surface area contributed by atoms with Gasteiger partial charge in [0.25, 0.3) is 5.12 Å². The van der Waals surface area contributed by atoms with E-state index in [1.54, 1.807) is 0 Å². The van der Waals surface area contributed by atoms with Gasteiger partial charge in [-0.2, -0.15) is 8.42 Å². The third-order valence-electron chi connectivity index (χ3n) is 0.363. The molecule has 0 aromatic rings. The first kappa shape index (κ1) is 10.8. The summed E-state index contributed by atoms with van der Waals surface area (Å²) in [5.74, 6) is 0. The van der Waals surface area contributed by atoms with Gasteiger partial charge >= 0.3 is 10.1 Å². The summed E-state index contributed by atoms with van der Waals surface area (Å²) >= 11 is 0. The summed E-state index contributed by atoms with van der Waals surface area (Å²) in [4.78, 5) is 9.63. The average molecular weight is 161 g/mol. The first-order valence-corrected chi connectivity index (χ1v) is 2.86. The summed E-state index contributed by atoms with van der Waals surface area (Å²) in [5.41, 5.74) is 0. The molecule has 0 saturated carbocycles. The van der Waals surface area contributed by atoms with Crippen LogP contribution in [-0.2, 0) is 14.9 Å². The highest BCUT2D eigenvalue weighted by molar-refractivity contribution is 8.01. The van der Waals surface area contributed by atoms with Crippen LogP contribution in [0.3, 0.4) is 0 Å². The third-order valence-corrected chi connectivity index (χ3v) is 1.09. The van der Waals surface area contributed by atoms with Gasteiger partial charge < -0.3 is 0 Å². The lowest BCUT2D eigenvalue weighted by molar-refractivity contribution is -0.110. The van der Waals surface area contributed by atoms with Crippen LogP contribution in [0.5, 0.6) is 0 Å². The molecule has 0 heterocycles. The zero-order valence-corrected chi connectivity index (χ0v) is 5.62. The second kappa shape index (κ2) is 3.01. The normalized spacial score (nSPS) is 9.75. The van der Waals surface area contributed by atoms with Crippen LogP contribution in [0.15, 0.2) is 0 Å². The molecule has 0 bridgehead atoms. The minimum absolute atomic E-state index is 0. The van der Waals surface area contributed by atoms with E-state index in [-0.39, 0.29) is 12.4 Å². The molecule has 0 fully saturated rings. The molecule has 0 rings (SSSR count). The fourth-order valence-corrected chi connectivity index (χ4v) is 0. The topological polar surface area (TPSA) is 71.4 Å². The lowest BCUT2D eigenvalue weighted by atomic mass is 10.9. The fraction of sp³-hybridized carbons (Fsp3) is 0.500. The first-order valence-electron chi connectivity index (χ1n) is 1.42. The Bertz CT molecular complexity index is 168. The second-order valence-electron chi connectivity index (χ2n) is 0.967. The monoisotopic (exact) mass is 160 g/mol. The van der Waals surface area contributed by atoms with Gasteiger partial charge in [0.15, 0.2) is 0 Å². The molecule has 6 heteroatoms. The molecule has 0 aliphatic rings. The smallest absolute Gasteiger partial charge is 0.280 e. The van der Waals surface area contributed by atoms with Crippen LogP contribution in [-0.4, -0.2) is 18.1 Å². The van der Waals surface area contributed by atoms with Crippen LogP contribution in [0, 0.1) is 0 Å². The van der Waals surface area contributed by atoms with Crippen molar-refractivity contribution in [2.75, 3.05) is 0 Å². The zero-order chi connectivity index (χ0) is 6.08. The van der Waals surface area contributed by atoms with Crippen LogP contribution in [0.25, 0.3) is 0 Å². The number of rotatable bonds is 0. The summed E-state index contributed by atoms with van der Waals surface area (Å²) < 4.78 is 26.8. The number of carbonyl (C=O) groups excluding carboxylic acids is 1. The quantitative estimate of drug-likeness (QED) is 0.500. The Balaban J connectivity index is 0. The molecule has 0 saturated heterocycles. The third kappa shape index (κ3) is 4.04. The van der Waals surface area contributed by atoms with Crippen molar-refractivity contribution < 1.29 is 17.8 Å². The number of hydrogen-bond donors (Lipinski definition) is 1. The van der Waals surface area contributed by atoms with Gasteiger partial charge in [0, 0.05) is 6.92 Å². The van der Waals surface area contributed by atoms with E-state index in [1.807, 2.05) is 0 Å². The molecule has 0 aliphatic heterocycles. The van der Waals surface area contributed by atoms with E-state index >= 15 is 0 Å². The summed E-state index contributed by atoms with van der Waals surface area (Å²) in [6.45, 7) is 0.773. The predicted molar refractivity (Wildman–Crippen MR) is 29.5 cm³/mol. The van der Waals surface area contributed by atoms with E-state index in [4.69, 9.17) is 4.55 Å². The molecule has 1 N–H and O–H groups in total. The average Bonchev–Trinajstić information content (AvgIpc) is 1.31. The fourth-order valence-electron chi connectivity index (χ4n) is 0. The van der Waals surface area contributed by atoms with Crippen molar-refractivity contribution in [3.8, 4) is 0 Å². The molecule has 8 heavy (non-hydrogen) atoms. The molecular weight excluding hydrogens is 156 g/mol. The van der Waals surface area contributed by atoms with Gasteiger partial charge in [-0.1, -0.05) is 0 Å². The Morgan fingerprint density at radius 2 is 1.62 bits per heavy atom. The Morgan fingerprint density at radius 1 is 1.50 bits per heavy atom. The van der Waals surface area contributed by atoms with Gasteiger partial charge in [-0.25, -0.2) is 0 Å². The molecule has 0 spiro atoms. The van der Waals surface area contributed by atoms with Crippen molar-refractivity contribution in [3.05, 3.63) is 0 Å². The van der Waals surface area contributed by atoms with Gasteiger partial charge in [0.2, 0.25) is 0 Å². The van der Waals surface area contributed by atoms with Crippen molar-refractivity contribution >= 4 is 27.6 Å². The van der Waals surface area contributed by atoms with Gasteiger partial charge in [0.1, 0.15) is 0 Å². The molecule has 0 atom stereocenters. The predicted octanol–water partition coefficient (Wildman–Crippen LogP) is -0.157. The Kier molecular flexibility index (Phi) is 4.05. The van der Waals surface area contributed by atoms with E-state index in [0.717, 1.165) is 6.92 Å². The maximum Gasteiger partial charge on any atom is 0.328 e. The van der Waals surface area contributed by atoms with Gasteiger partial charge in [0.05, 0.1) is 0 Å². The van der Waals surface area contributed by atoms with Crippen molar-refractivity contribution in [2.24, 2.45) is 0 Å². The Hall–Kier alpha value is -0.130. The highest BCUT2D eigenvalue weighted by Crippen LogP contribution is 1.79. The molecule has 4 nitrogen and oxygen atoms in total. The number of hydrogen-bond acceptors (Lipinski definition) is 3. The van der Waals surface area contributed by atoms with E-state index in [2.05, 4.69) is 0 Å². The largest absolute Gasteiger partial charge is 0.328 e. The molecule has 0 unspecified atom stereocenters. The van der Waals surface area contributed by atoms with Crippen LogP contribution in [0.2, 0.25) is 0 Å². The Morgan fingerprint density at radius 3 is 1.62 bits per heavy atom. The van der Waals surface area contributed by atoms with Crippen molar-refractivity contribution in [1.29, 1.82) is 0 Å². The molecule has 0 aliphatic carbocycles. The Labute approximate surface area is 53.0 Å². The SMILES string of the molecule is CC(=O)S(=O)(=O)O.Cl. The molecule has 0 aromatic heterocycles. The standard InChI is InChI=1S/C2H4O4S.ClH/c1-2(3)7(4,5)6;/h1H3,(H,4,5,6);1H. The van der Waals surface area contributed by atoms with Crippen LogP contribution < -0.4 is 0 Å². The molecule has 0 aromatic carbocycles. The van der Waals surface area contributed by atoms with Gasteiger partial charge in [-0.15, -0.1) is 12.4 Å². The first-order chi connectivity index (χ1) is 2.94. The molecule has 0 radical (unpaired) electrons. The lowest BCUT2D eigenvalue weighted by Crippen LogP contribution is -2.07. The molecular formula is C2H5ClO4S. The van der Waals surface area contributed by atoms with E-state index < -0.39 is 15.2 Å². The van der Waals surface area contributed by atoms with Crippen molar-refractivity contribution in [1.82, 2.24) is 0 Å². The van der Waals surface area contributed by atoms with Gasteiger partial charge in [-0.05, 0) is 0 Å². The van der Waals surface area contributed by atoms with E-state index in [0.29, 0.717) is 0 Å². The summed E-state index contributed by atoms with van der Waals surface area (Å²) in [6.07, 6.45) is 0. The second-order valence-corrected chi connectivity index (χ2v) is 2.49. The molecule has 0 amide bonds. The lowest BCUT2D eigenvalue weighted by Gasteiger charge is -1.80. The van der Waals surface area contributed by atoms with Crippen LogP contribution in [0.4, 0.5) is 0 Å². The van der Waals surface area contributed by atoms with Crippen LogP contribution >= 0.6 is 12.4 Å². The number of halogens is 1. The van der Waals surface area contributed by atoms with Crippen LogP contribution in [0.1, 0.15) is 6.92 Å². The van der Waals surface area contributed by atoms with Crippen molar-refractivity contribution in [2.45, 2.75) is 6.92 Å². The molecule has 50 valence electrons. The van der Waals surface area contributed by atoms with Crippen molar-refractivity contribution in [3.63, 3.8) is 0 Å². The number of carbonyl (C=O) groups is 1. The zero-order valence-electron chi connectivity index (χ0n) is 3.99. The summed E-state index contributed by atoms with van der Waals surface area (Å²) in [6, 6.07) is 0.